The molecule has 0 radical (unpaired) electrons. The molecule has 0 heterocycles. The van der Waals surface area contributed by atoms with Crippen molar-refractivity contribution in [1.82, 2.24) is 0 Å². The molecule has 2 rings (SSSR count). The number of halogens is 1. The van der Waals surface area contributed by atoms with Crippen molar-refractivity contribution >= 4 is 17.6 Å². The molecule has 0 amide bonds. The van der Waals surface area contributed by atoms with Gasteiger partial charge in [-0.3, -0.25) is 4.79 Å². The molecule has 0 aromatic heterocycles. The van der Waals surface area contributed by atoms with Crippen LogP contribution in [0.4, 0.5) is 0 Å². The van der Waals surface area contributed by atoms with E-state index in [1.54, 1.807) is 25.1 Å². The lowest BCUT2D eigenvalue weighted by Crippen LogP contribution is -2.25. The van der Waals surface area contributed by atoms with Crippen LogP contribution in [0, 0.1) is 0 Å². The standard InChI is InChI=1S/C13H15ClO3/c1-8(13(15)16)11-7-9(14)5-6-12(11)17-10-3-2-4-10/h5-8,10H,2-4H2,1H3,(H,15,16). The minimum Gasteiger partial charge on any atom is -0.490 e. The summed E-state index contributed by atoms with van der Waals surface area (Å²) in [5.41, 5.74) is 0.650. The van der Waals surface area contributed by atoms with Gasteiger partial charge in [0.1, 0.15) is 5.75 Å². The number of carboxylic acids is 1. The Hall–Kier alpha value is -1.22. The molecule has 1 atom stereocenters. The average molecular weight is 255 g/mol. The summed E-state index contributed by atoms with van der Waals surface area (Å²) in [4.78, 5) is 11.0. The lowest BCUT2D eigenvalue weighted by Gasteiger charge is -2.28. The Balaban J connectivity index is 2.26. The van der Waals surface area contributed by atoms with Gasteiger partial charge in [-0.25, -0.2) is 0 Å². The highest BCUT2D eigenvalue weighted by Gasteiger charge is 2.24. The molecule has 0 spiro atoms. The van der Waals surface area contributed by atoms with Crippen LogP contribution < -0.4 is 4.74 Å². The molecule has 4 heteroatoms. The van der Waals surface area contributed by atoms with Gasteiger partial charge >= 0.3 is 5.97 Å². The third kappa shape index (κ3) is 2.72. The van der Waals surface area contributed by atoms with Crippen LogP contribution in [0.3, 0.4) is 0 Å². The van der Waals surface area contributed by atoms with Gasteiger partial charge in [-0.05, 0) is 44.4 Å². The lowest BCUT2D eigenvalue weighted by atomic mass is 9.95. The van der Waals surface area contributed by atoms with Crippen molar-refractivity contribution in [2.75, 3.05) is 0 Å². The van der Waals surface area contributed by atoms with Gasteiger partial charge in [-0.15, -0.1) is 0 Å². The molecular formula is C13H15ClO3. The molecule has 0 saturated heterocycles. The fourth-order valence-corrected chi connectivity index (χ4v) is 1.95. The molecule has 1 saturated carbocycles. The second kappa shape index (κ2) is 4.96. The summed E-state index contributed by atoms with van der Waals surface area (Å²) in [5.74, 6) is -0.830. The predicted octanol–water partition coefficient (Wildman–Crippen LogP) is 3.46. The van der Waals surface area contributed by atoms with E-state index in [-0.39, 0.29) is 6.10 Å². The first-order valence-electron chi connectivity index (χ1n) is 5.77. The lowest BCUT2D eigenvalue weighted by molar-refractivity contribution is -0.138. The summed E-state index contributed by atoms with van der Waals surface area (Å²) in [5, 5.41) is 9.59. The average Bonchev–Trinajstić information content (AvgIpc) is 2.23. The number of ether oxygens (including phenoxy) is 1. The van der Waals surface area contributed by atoms with Gasteiger partial charge in [0.05, 0.1) is 12.0 Å². The van der Waals surface area contributed by atoms with Crippen LogP contribution in [0.1, 0.15) is 37.7 Å². The van der Waals surface area contributed by atoms with Crippen LogP contribution in [0.5, 0.6) is 5.75 Å². The predicted molar refractivity (Wildman–Crippen MR) is 65.8 cm³/mol. The minimum atomic E-state index is -0.870. The first kappa shape index (κ1) is 12.2. The number of hydrogen-bond donors (Lipinski definition) is 1. The van der Waals surface area contributed by atoms with Crippen molar-refractivity contribution in [1.29, 1.82) is 0 Å². The normalized spacial score (nSPS) is 17.3. The summed E-state index contributed by atoms with van der Waals surface area (Å²) in [7, 11) is 0. The van der Waals surface area contributed by atoms with Crippen LogP contribution >= 0.6 is 11.6 Å². The number of hydrogen-bond acceptors (Lipinski definition) is 2. The van der Waals surface area contributed by atoms with Crippen LogP contribution in [-0.2, 0) is 4.79 Å². The van der Waals surface area contributed by atoms with E-state index in [0.717, 1.165) is 12.8 Å². The molecule has 17 heavy (non-hydrogen) atoms. The van der Waals surface area contributed by atoms with Gasteiger partial charge in [0.2, 0.25) is 0 Å². The Kier molecular flexibility index (Phi) is 3.57. The number of rotatable bonds is 4. The zero-order valence-electron chi connectivity index (χ0n) is 9.65. The Morgan fingerprint density at radius 2 is 2.24 bits per heavy atom. The molecule has 1 aliphatic rings. The molecule has 1 fully saturated rings. The number of aliphatic carboxylic acids is 1. The van der Waals surface area contributed by atoms with E-state index in [2.05, 4.69) is 0 Å². The van der Waals surface area contributed by atoms with Crippen molar-refractivity contribution in [3.8, 4) is 5.75 Å². The van der Waals surface area contributed by atoms with Gasteiger partial charge in [0, 0.05) is 10.6 Å². The van der Waals surface area contributed by atoms with E-state index in [1.807, 2.05) is 0 Å². The van der Waals surface area contributed by atoms with Crippen LogP contribution in [0.25, 0.3) is 0 Å². The highest BCUT2D eigenvalue weighted by atomic mass is 35.5. The summed E-state index contributed by atoms with van der Waals surface area (Å²) in [6.45, 7) is 1.64. The van der Waals surface area contributed by atoms with Crippen molar-refractivity contribution in [2.45, 2.75) is 38.2 Å². The van der Waals surface area contributed by atoms with Crippen LogP contribution in [-0.4, -0.2) is 17.2 Å². The molecule has 1 aromatic carbocycles. The largest absolute Gasteiger partial charge is 0.490 e. The van der Waals surface area contributed by atoms with Crippen LogP contribution in [0.15, 0.2) is 18.2 Å². The summed E-state index contributed by atoms with van der Waals surface area (Å²) in [6, 6.07) is 5.16. The fourth-order valence-electron chi connectivity index (χ4n) is 1.77. The second-order valence-electron chi connectivity index (χ2n) is 4.41. The third-order valence-corrected chi connectivity index (χ3v) is 3.39. The Bertz CT molecular complexity index is 427. The van der Waals surface area contributed by atoms with E-state index >= 15 is 0 Å². The molecule has 1 aliphatic carbocycles. The Morgan fingerprint density at radius 1 is 1.53 bits per heavy atom. The van der Waals surface area contributed by atoms with Crippen molar-refractivity contribution < 1.29 is 14.6 Å². The van der Waals surface area contributed by atoms with Gasteiger partial charge < -0.3 is 9.84 Å². The van der Waals surface area contributed by atoms with E-state index in [4.69, 9.17) is 21.4 Å². The highest BCUT2D eigenvalue weighted by Crippen LogP contribution is 2.33. The summed E-state index contributed by atoms with van der Waals surface area (Å²) >= 11 is 5.90. The third-order valence-electron chi connectivity index (χ3n) is 3.15. The van der Waals surface area contributed by atoms with Crippen molar-refractivity contribution in [3.63, 3.8) is 0 Å². The summed E-state index contributed by atoms with van der Waals surface area (Å²) < 4.78 is 5.79. The van der Waals surface area contributed by atoms with Crippen molar-refractivity contribution in [2.24, 2.45) is 0 Å². The molecule has 92 valence electrons. The van der Waals surface area contributed by atoms with E-state index < -0.39 is 11.9 Å². The fraction of sp³-hybridized carbons (Fsp3) is 0.462. The molecule has 1 aromatic rings. The molecule has 0 bridgehead atoms. The van der Waals surface area contributed by atoms with Gasteiger partial charge in [0.25, 0.3) is 0 Å². The molecule has 0 aliphatic heterocycles. The zero-order valence-corrected chi connectivity index (χ0v) is 10.4. The monoisotopic (exact) mass is 254 g/mol. The maximum Gasteiger partial charge on any atom is 0.310 e. The number of benzene rings is 1. The molecular weight excluding hydrogens is 240 g/mol. The van der Waals surface area contributed by atoms with Gasteiger partial charge in [-0.2, -0.15) is 0 Å². The van der Waals surface area contributed by atoms with E-state index in [9.17, 15) is 4.79 Å². The molecule has 1 unspecified atom stereocenters. The van der Waals surface area contributed by atoms with E-state index in [1.165, 1.54) is 6.42 Å². The maximum atomic E-state index is 11.0. The second-order valence-corrected chi connectivity index (χ2v) is 4.85. The molecule has 3 nitrogen and oxygen atoms in total. The smallest absolute Gasteiger partial charge is 0.310 e. The van der Waals surface area contributed by atoms with Gasteiger partial charge in [0.15, 0.2) is 0 Å². The molecule has 1 N–H and O–H groups in total. The first-order chi connectivity index (χ1) is 8.08. The minimum absolute atomic E-state index is 0.232. The Labute approximate surface area is 105 Å². The first-order valence-corrected chi connectivity index (χ1v) is 6.14. The highest BCUT2D eigenvalue weighted by molar-refractivity contribution is 6.30. The Morgan fingerprint density at radius 3 is 2.76 bits per heavy atom. The summed E-state index contributed by atoms with van der Waals surface area (Å²) in [6.07, 6.45) is 3.51. The number of carbonyl (C=O) groups is 1. The topological polar surface area (TPSA) is 46.5 Å². The quantitative estimate of drug-likeness (QED) is 0.895. The van der Waals surface area contributed by atoms with Crippen LogP contribution in [0.2, 0.25) is 5.02 Å². The van der Waals surface area contributed by atoms with E-state index in [0.29, 0.717) is 16.3 Å². The zero-order chi connectivity index (χ0) is 12.4. The number of carboxylic acid groups (broad SMARTS) is 1. The SMILES string of the molecule is CC(C(=O)O)c1cc(Cl)ccc1OC1CCC1. The van der Waals surface area contributed by atoms with Crippen molar-refractivity contribution in [3.05, 3.63) is 28.8 Å². The van der Waals surface area contributed by atoms with Gasteiger partial charge in [-0.1, -0.05) is 11.6 Å². The maximum absolute atomic E-state index is 11.0.